The predicted octanol–water partition coefficient (Wildman–Crippen LogP) is 5.75. The largest absolute Gasteiger partial charge is 0.453 e. The molecule has 4 aromatic rings. The lowest BCUT2D eigenvalue weighted by Gasteiger charge is -2.25. The average molecular weight is 534 g/mol. The van der Waals surface area contributed by atoms with Gasteiger partial charge in [-0.25, -0.2) is 0 Å². The second kappa shape index (κ2) is 10.8. The van der Waals surface area contributed by atoms with E-state index in [1.165, 1.54) is 37.1 Å². The van der Waals surface area contributed by atoms with Gasteiger partial charge in [-0.3, -0.25) is 0 Å². The molecule has 2 aromatic heterocycles. The minimum Gasteiger partial charge on any atom is -0.324 e. The molecule has 0 spiro atoms. The first-order valence-electron chi connectivity index (χ1n) is 13.5. The van der Waals surface area contributed by atoms with Gasteiger partial charge < -0.3 is 10.2 Å². The molecule has 6 rings (SSSR count). The van der Waals surface area contributed by atoms with E-state index in [0.29, 0.717) is 23.8 Å². The monoisotopic (exact) mass is 533 g/mol. The number of alkyl halides is 3. The van der Waals surface area contributed by atoms with E-state index in [4.69, 9.17) is 0 Å². The number of nitrogens with zero attached hydrogens (tertiary/aromatic N) is 6. The molecule has 0 radical (unpaired) electrons. The van der Waals surface area contributed by atoms with Gasteiger partial charge in [-0.2, -0.15) is 27.9 Å². The molecule has 0 bridgehead atoms. The minimum absolute atomic E-state index is 0.0593. The number of hydrogen-bond donors (Lipinski definition) is 1. The van der Waals surface area contributed by atoms with Crippen LogP contribution in [0.25, 0.3) is 5.82 Å². The summed E-state index contributed by atoms with van der Waals surface area (Å²) in [5.41, 5.74) is 4.98. The molecule has 1 N–H and O–H groups in total. The maximum atomic E-state index is 13.6. The first-order valence-corrected chi connectivity index (χ1v) is 13.5. The molecule has 1 fully saturated rings. The third-order valence-corrected chi connectivity index (χ3v) is 7.62. The summed E-state index contributed by atoms with van der Waals surface area (Å²) < 4.78 is 41.8. The Bertz CT molecular complexity index is 1410. The molecule has 2 aromatic carbocycles. The summed E-state index contributed by atoms with van der Waals surface area (Å²) in [6.07, 6.45) is 2.62. The van der Waals surface area contributed by atoms with Crippen molar-refractivity contribution in [1.82, 2.24) is 29.9 Å². The maximum absolute atomic E-state index is 13.6. The van der Waals surface area contributed by atoms with Crippen molar-refractivity contribution in [2.24, 2.45) is 0 Å². The van der Waals surface area contributed by atoms with E-state index in [0.717, 1.165) is 35.9 Å². The van der Waals surface area contributed by atoms with Crippen LogP contribution in [0.15, 0.2) is 60.7 Å². The summed E-state index contributed by atoms with van der Waals surface area (Å²) >= 11 is 0. The first kappa shape index (κ1) is 25.5. The van der Waals surface area contributed by atoms with Crippen LogP contribution in [0, 0.1) is 0 Å². The number of rotatable bonds is 6. The molecule has 202 valence electrons. The van der Waals surface area contributed by atoms with Crippen molar-refractivity contribution in [3.63, 3.8) is 0 Å². The zero-order chi connectivity index (χ0) is 26.8. The van der Waals surface area contributed by atoms with E-state index in [1.807, 2.05) is 42.5 Å². The average Bonchev–Trinajstić information content (AvgIpc) is 3.57. The molecule has 1 aliphatic carbocycles. The van der Waals surface area contributed by atoms with Crippen LogP contribution in [0.2, 0.25) is 0 Å². The number of hydrogen-bond acceptors (Lipinski definition) is 6. The molecular formula is C29H30F3N7. The van der Waals surface area contributed by atoms with E-state index >= 15 is 0 Å². The second-order valence-electron chi connectivity index (χ2n) is 10.3. The summed E-state index contributed by atoms with van der Waals surface area (Å²) in [6.45, 7) is 2.36. The van der Waals surface area contributed by atoms with Gasteiger partial charge in [0.1, 0.15) is 0 Å². The molecule has 1 aliphatic heterocycles. The molecule has 0 saturated carbocycles. The van der Waals surface area contributed by atoms with Gasteiger partial charge >= 0.3 is 6.18 Å². The number of likely N-dealkylation sites (tertiary alicyclic amines) is 1. The zero-order valence-electron chi connectivity index (χ0n) is 21.5. The van der Waals surface area contributed by atoms with Crippen LogP contribution in [0.3, 0.4) is 0 Å². The van der Waals surface area contributed by atoms with Gasteiger partial charge in [0.15, 0.2) is 5.82 Å². The van der Waals surface area contributed by atoms with Crippen molar-refractivity contribution < 1.29 is 13.2 Å². The van der Waals surface area contributed by atoms with E-state index < -0.39 is 12.0 Å². The predicted molar refractivity (Wildman–Crippen MR) is 142 cm³/mol. The van der Waals surface area contributed by atoms with Crippen molar-refractivity contribution in [3.05, 3.63) is 88.9 Å². The summed E-state index contributed by atoms with van der Waals surface area (Å²) in [6, 6.07) is 19.7. The summed E-state index contributed by atoms with van der Waals surface area (Å²) in [4.78, 5) is 6.39. The number of halogens is 3. The molecule has 1 unspecified atom stereocenters. The van der Waals surface area contributed by atoms with Crippen LogP contribution < -0.4 is 5.32 Å². The van der Waals surface area contributed by atoms with Crippen LogP contribution in [-0.2, 0) is 25.4 Å². The van der Waals surface area contributed by atoms with Gasteiger partial charge in [-0.05, 0) is 92.6 Å². The third-order valence-electron chi connectivity index (χ3n) is 7.62. The van der Waals surface area contributed by atoms with E-state index in [2.05, 4.69) is 36.6 Å². The van der Waals surface area contributed by atoms with E-state index in [1.54, 1.807) is 12.1 Å². The third kappa shape index (κ3) is 5.80. The normalized spacial score (nSPS) is 18.1. The number of fused-ring (bicyclic) bond motifs is 1. The van der Waals surface area contributed by atoms with Crippen molar-refractivity contribution in [3.8, 4) is 5.82 Å². The minimum atomic E-state index is -4.69. The fourth-order valence-corrected chi connectivity index (χ4v) is 5.61. The number of aryl methyl sites for hydroxylation is 2. The fraction of sp³-hybridized carbons (Fsp3) is 0.379. The Kier molecular flexibility index (Phi) is 7.03. The molecule has 3 heterocycles. The lowest BCUT2D eigenvalue weighted by molar-refractivity contribution is -0.144. The molecule has 10 heteroatoms. The molecule has 0 amide bonds. The van der Waals surface area contributed by atoms with E-state index in [9.17, 15) is 13.2 Å². The Morgan fingerprint density at radius 1 is 0.872 bits per heavy atom. The molecule has 1 atom stereocenters. The van der Waals surface area contributed by atoms with Gasteiger partial charge in [0, 0.05) is 18.2 Å². The molecule has 39 heavy (non-hydrogen) atoms. The smallest absolute Gasteiger partial charge is 0.324 e. The highest BCUT2D eigenvalue weighted by Gasteiger charge is 2.37. The van der Waals surface area contributed by atoms with Crippen LogP contribution in [0.1, 0.15) is 53.9 Å². The highest BCUT2D eigenvalue weighted by Crippen LogP contribution is 2.31. The molecular weight excluding hydrogens is 503 g/mol. The summed E-state index contributed by atoms with van der Waals surface area (Å²) in [7, 11) is 0. The molecule has 7 nitrogen and oxygen atoms in total. The van der Waals surface area contributed by atoms with Gasteiger partial charge in [-0.1, -0.05) is 36.4 Å². The van der Waals surface area contributed by atoms with Crippen molar-refractivity contribution in [1.29, 1.82) is 0 Å². The quantitative estimate of drug-likeness (QED) is 0.318. The zero-order valence-corrected chi connectivity index (χ0v) is 21.5. The van der Waals surface area contributed by atoms with Crippen LogP contribution in [0.4, 0.5) is 24.8 Å². The first-order chi connectivity index (χ1) is 18.9. The summed E-state index contributed by atoms with van der Waals surface area (Å²) in [5, 5.41) is 15.2. The Balaban J connectivity index is 1.23. The Hall–Kier alpha value is -3.79. The SMILES string of the molecule is FC(F)(F)c1nc(Nc2ccc3c(c2)CCC(N2CCCC2)CC3)n(-c2ccc(Cc3ccccc3)nn2)n1. The highest BCUT2D eigenvalue weighted by atomic mass is 19.4. The van der Waals surface area contributed by atoms with Crippen molar-refractivity contribution >= 4 is 11.6 Å². The maximum Gasteiger partial charge on any atom is 0.453 e. The second-order valence-corrected chi connectivity index (χ2v) is 10.3. The lowest BCUT2D eigenvalue weighted by Crippen LogP contribution is -2.32. The number of aromatic nitrogens is 5. The molecule has 2 aliphatic rings. The Morgan fingerprint density at radius 2 is 1.64 bits per heavy atom. The van der Waals surface area contributed by atoms with E-state index in [-0.39, 0.29) is 11.8 Å². The van der Waals surface area contributed by atoms with Gasteiger partial charge in [-0.15, -0.1) is 10.2 Å². The number of benzene rings is 2. The Morgan fingerprint density at radius 3 is 2.36 bits per heavy atom. The lowest BCUT2D eigenvalue weighted by atomic mass is 10.0. The van der Waals surface area contributed by atoms with Gasteiger partial charge in [0.25, 0.3) is 5.82 Å². The number of nitrogens with one attached hydrogen (secondary N) is 1. The van der Waals surface area contributed by atoms with Gasteiger partial charge in [0.2, 0.25) is 5.95 Å². The summed E-state index contributed by atoms with van der Waals surface area (Å²) in [5.74, 6) is -1.14. The number of anilines is 2. The van der Waals surface area contributed by atoms with Gasteiger partial charge in [0.05, 0.1) is 5.69 Å². The topological polar surface area (TPSA) is 71.8 Å². The fourth-order valence-electron chi connectivity index (χ4n) is 5.61. The van der Waals surface area contributed by atoms with Crippen LogP contribution in [0.5, 0.6) is 0 Å². The van der Waals surface area contributed by atoms with Crippen LogP contribution in [-0.4, -0.2) is 49.0 Å². The highest BCUT2D eigenvalue weighted by molar-refractivity contribution is 5.57. The standard InChI is InChI=1S/C29H30F3N7/c30-29(31,32)27-34-28(39(37-27)26-15-12-24(35-36-26)18-20-6-2-1-3-7-20)33-23-11-8-21-9-13-25(14-10-22(21)19-23)38-16-4-5-17-38/h1-3,6-8,11-12,15,19,25H,4-5,9-10,13-14,16-18H2,(H,33,34,37). The van der Waals surface area contributed by atoms with Crippen molar-refractivity contribution in [2.75, 3.05) is 18.4 Å². The van der Waals surface area contributed by atoms with Crippen LogP contribution >= 0.6 is 0 Å². The Labute approximate surface area is 225 Å². The molecule has 1 saturated heterocycles. The van der Waals surface area contributed by atoms with Crippen molar-refractivity contribution in [2.45, 2.75) is 57.2 Å².